The molecule has 0 spiro atoms. The third-order valence-electron chi connectivity index (χ3n) is 1.63. The second-order valence-corrected chi connectivity index (χ2v) is 2.97. The maximum Gasteiger partial charge on any atom is 0.120 e. The highest BCUT2D eigenvalue weighted by Gasteiger charge is 2.03. The Hall–Kier alpha value is -0.770. The van der Waals surface area contributed by atoms with Gasteiger partial charge >= 0.3 is 0 Å². The Bertz CT molecular complexity index is 289. The molecule has 1 rings (SSSR count). The van der Waals surface area contributed by atoms with Gasteiger partial charge in [-0.3, -0.25) is 0 Å². The van der Waals surface area contributed by atoms with Crippen molar-refractivity contribution in [3.8, 4) is 5.75 Å². The molecule has 66 valence electrons. The van der Waals surface area contributed by atoms with Crippen molar-refractivity contribution >= 4 is 11.6 Å². The van der Waals surface area contributed by atoms with Crippen LogP contribution in [0.1, 0.15) is 11.1 Å². The molecule has 0 heterocycles. The Morgan fingerprint density at radius 3 is 2.75 bits per heavy atom. The van der Waals surface area contributed by atoms with Crippen LogP contribution in [-0.2, 0) is 6.54 Å². The molecule has 0 aliphatic carbocycles. The predicted molar refractivity (Wildman–Crippen MR) is 46.5 cm³/mol. The molecule has 0 amide bonds. The molecule has 0 radical (unpaired) electrons. The molecule has 0 saturated carbocycles. The predicted octanol–water partition coefficient (Wildman–Crippen LogP) is 1.83. The summed E-state index contributed by atoms with van der Waals surface area (Å²) in [6.07, 6.45) is 0. The highest BCUT2D eigenvalue weighted by Crippen LogP contribution is 2.25. The van der Waals surface area contributed by atoms with Gasteiger partial charge < -0.3 is 10.3 Å². The lowest BCUT2D eigenvalue weighted by Gasteiger charge is -2.05. The van der Waals surface area contributed by atoms with E-state index in [1.54, 1.807) is 19.1 Å². The third-order valence-corrected chi connectivity index (χ3v) is 2.04. The molecular formula is C8H10ClNO2. The van der Waals surface area contributed by atoms with Crippen molar-refractivity contribution in [2.75, 3.05) is 0 Å². The number of nitrogens with one attached hydrogen (secondary N) is 1. The molecule has 0 aliphatic heterocycles. The van der Waals surface area contributed by atoms with Crippen LogP contribution >= 0.6 is 11.6 Å². The molecule has 0 atom stereocenters. The van der Waals surface area contributed by atoms with Crippen LogP contribution < -0.4 is 5.48 Å². The number of phenols is 1. The van der Waals surface area contributed by atoms with Gasteiger partial charge in [0.1, 0.15) is 5.75 Å². The fourth-order valence-corrected chi connectivity index (χ4v) is 1.12. The number of halogens is 1. The van der Waals surface area contributed by atoms with E-state index in [4.69, 9.17) is 16.8 Å². The number of benzene rings is 1. The molecule has 1 aromatic rings. The van der Waals surface area contributed by atoms with E-state index in [0.29, 0.717) is 10.6 Å². The average molecular weight is 188 g/mol. The summed E-state index contributed by atoms with van der Waals surface area (Å²) in [5.41, 5.74) is 3.35. The minimum absolute atomic E-state index is 0.137. The van der Waals surface area contributed by atoms with Gasteiger partial charge in [-0.2, -0.15) is 0 Å². The summed E-state index contributed by atoms with van der Waals surface area (Å²) in [6.45, 7) is 1.99. The molecule has 0 bridgehead atoms. The smallest absolute Gasteiger partial charge is 0.120 e. The maximum atomic E-state index is 9.34. The highest BCUT2D eigenvalue weighted by atomic mass is 35.5. The van der Waals surface area contributed by atoms with Crippen molar-refractivity contribution in [2.45, 2.75) is 13.5 Å². The number of rotatable bonds is 2. The summed E-state index contributed by atoms with van der Waals surface area (Å²) in [5, 5.41) is 18.3. The van der Waals surface area contributed by atoms with Gasteiger partial charge in [0.2, 0.25) is 0 Å². The first-order valence-corrected chi connectivity index (χ1v) is 3.88. The first-order chi connectivity index (χ1) is 5.65. The van der Waals surface area contributed by atoms with Gasteiger partial charge in [-0.05, 0) is 24.6 Å². The fraction of sp³-hybridized carbons (Fsp3) is 0.250. The quantitative estimate of drug-likeness (QED) is 0.620. The molecule has 1 aromatic carbocycles. The SMILES string of the molecule is Cc1cc(O)c(CNO)cc1Cl. The van der Waals surface area contributed by atoms with Crippen molar-refractivity contribution in [3.05, 3.63) is 28.3 Å². The van der Waals surface area contributed by atoms with Gasteiger partial charge in [0.05, 0.1) is 0 Å². The largest absolute Gasteiger partial charge is 0.508 e. The van der Waals surface area contributed by atoms with Crippen LogP contribution in [0.2, 0.25) is 5.02 Å². The van der Waals surface area contributed by atoms with Gasteiger partial charge in [0.15, 0.2) is 0 Å². The second kappa shape index (κ2) is 3.76. The van der Waals surface area contributed by atoms with Crippen molar-refractivity contribution in [3.63, 3.8) is 0 Å². The fourth-order valence-electron chi connectivity index (χ4n) is 0.934. The summed E-state index contributed by atoms with van der Waals surface area (Å²) >= 11 is 5.80. The van der Waals surface area contributed by atoms with Crippen molar-refractivity contribution in [1.29, 1.82) is 0 Å². The second-order valence-electron chi connectivity index (χ2n) is 2.56. The number of hydroxylamine groups is 1. The molecule has 4 heteroatoms. The zero-order valence-corrected chi connectivity index (χ0v) is 7.39. The molecule has 0 saturated heterocycles. The van der Waals surface area contributed by atoms with E-state index < -0.39 is 0 Å². The first-order valence-electron chi connectivity index (χ1n) is 3.50. The molecule has 3 N–H and O–H groups in total. The van der Waals surface area contributed by atoms with Crippen molar-refractivity contribution in [1.82, 2.24) is 5.48 Å². The van der Waals surface area contributed by atoms with E-state index in [1.807, 2.05) is 5.48 Å². The minimum Gasteiger partial charge on any atom is -0.508 e. The molecule has 12 heavy (non-hydrogen) atoms. The van der Waals surface area contributed by atoms with E-state index in [1.165, 1.54) is 0 Å². The van der Waals surface area contributed by atoms with Crippen LogP contribution in [0.25, 0.3) is 0 Å². The van der Waals surface area contributed by atoms with Crippen LogP contribution in [-0.4, -0.2) is 10.3 Å². The standard InChI is InChI=1S/C8H10ClNO2/c1-5-2-8(11)6(4-10-12)3-7(5)9/h2-3,10-12H,4H2,1H3. The third kappa shape index (κ3) is 1.88. The first kappa shape index (κ1) is 9.32. The molecule has 3 nitrogen and oxygen atoms in total. The Labute approximate surface area is 75.6 Å². The van der Waals surface area contributed by atoms with Crippen LogP contribution in [0, 0.1) is 6.92 Å². The van der Waals surface area contributed by atoms with Gasteiger partial charge in [0.25, 0.3) is 0 Å². The lowest BCUT2D eigenvalue weighted by molar-refractivity contribution is 0.160. The molecular weight excluding hydrogens is 178 g/mol. The van der Waals surface area contributed by atoms with Crippen LogP contribution in [0.5, 0.6) is 5.75 Å². The zero-order chi connectivity index (χ0) is 9.14. The van der Waals surface area contributed by atoms with E-state index in [2.05, 4.69) is 0 Å². The molecule has 0 unspecified atom stereocenters. The van der Waals surface area contributed by atoms with Gasteiger partial charge in [-0.15, -0.1) is 0 Å². The summed E-state index contributed by atoms with van der Waals surface area (Å²) in [7, 11) is 0. The van der Waals surface area contributed by atoms with Gasteiger partial charge in [0, 0.05) is 17.1 Å². The molecule has 0 fully saturated rings. The van der Waals surface area contributed by atoms with Crippen molar-refractivity contribution < 1.29 is 10.3 Å². The number of hydrogen-bond donors (Lipinski definition) is 3. The lowest BCUT2D eigenvalue weighted by Crippen LogP contribution is -2.06. The van der Waals surface area contributed by atoms with Gasteiger partial charge in [-0.25, -0.2) is 5.48 Å². The number of hydrogen-bond acceptors (Lipinski definition) is 3. The highest BCUT2D eigenvalue weighted by molar-refractivity contribution is 6.31. The molecule has 0 aliphatic rings. The maximum absolute atomic E-state index is 9.34. The molecule has 0 aromatic heterocycles. The van der Waals surface area contributed by atoms with E-state index in [-0.39, 0.29) is 12.3 Å². The van der Waals surface area contributed by atoms with Crippen LogP contribution in [0.4, 0.5) is 0 Å². The van der Waals surface area contributed by atoms with E-state index in [0.717, 1.165) is 5.56 Å². The number of aryl methyl sites for hydroxylation is 1. The number of aromatic hydroxyl groups is 1. The van der Waals surface area contributed by atoms with E-state index >= 15 is 0 Å². The van der Waals surface area contributed by atoms with Crippen LogP contribution in [0.3, 0.4) is 0 Å². The summed E-state index contributed by atoms with van der Waals surface area (Å²) in [4.78, 5) is 0. The zero-order valence-electron chi connectivity index (χ0n) is 6.63. The van der Waals surface area contributed by atoms with Crippen molar-refractivity contribution in [2.24, 2.45) is 0 Å². The Balaban J connectivity index is 3.05. The average Bonchev–Trinajstić information content (AvgIpc) is 2.01. The topological polar surface area (TPSA) is 52.5 Å². The monoisotopic (exact) mass is 187 g/mol. The summed E-state index contributed by atoms with van der Waals surface area (Å²) in [5.74, 6) is 0.137. The minimum atomic E-state index is 0.137. The Kier molecular flexibility index (Phi) is 2.92. The Morgan fingerprint density at radius 2 is 2.17 bits per heavy atom. The number of phenolic OH excluding ortho intramolecular Hbond substituents is 1. The normalized spacial score (nSPS) is 10.2. The van der Waals surface area contributed by atoms with Crippen LogP contribution in [0.15, 0.2) is 12.1 Å². The summed E-state index contributed by atoms with van der Waals surface area (Å²) < 4.78 is 0. The van der Waals surface area contributed by atoms with Gasteiger partial charge in [-0.1, -0.05) is 11.6 Å². The summed E-state index contributed by atoms with van der Waals surface area (Å²) in [6, 6.07) is 3.18. The lowest BCUT2D eigenvalue weighted by atomic mass is 10.1. The Morgan fingerprint density at radius 1 is 1.50 bits per heavy atom. The van der Waals surface area contributed by atoms with E-state index in [9.17, 15) is 5.11 Å².